The van der Waals surface area contributed by atoms with E-state index >= 15 is 0 Å². The van der Waals surface area contributed by atoms with Gasteiger partial charge in [-0.2, -0.15) is 0 Å². The average Bonchev–Trinajstić information content (AvgIpc) is 2.87. The molecule has 0 aromatic heterocycles. The number of aryl methyl sites for hydroxylation is 1. The van der Waals surface area contributed by atoms with Crippen molar-refractivity contribution < 1.29 is 13.9 Å². The van der Waals surface area contributed by atoms with Crippen molar-refractivity contribution in [3.63, 3.8) is 0 Å². The van der Waals surface area contributed by atoms with Crippen molar-refractivity contribution in [2.24, 2.45) is 0 Å². The van der Waals surface area contributed by atoms with Crippen LogP contribution < -0.4 is 4.74 Å². The van der Waals surface area contributed by atoms with E-state index in [1.807, 2.05) is 0 Å². The maximum atomic E-state index is 13.2. The summed E-state index contributed by atoms with van der Waals surface area (Å²) in [4.78, 5) is 0. The summed E-state index contributed by atoms with van der Waals surface area (Å²) in [5, 5.41) is 0.918. The summed E-state index contributed by atoms with van der Waals surface area (Å²) in [5.74, 6) is 0.569. The molecule has 1 aliphatic rings. The molecular weight excluding hydrogens is 311 g/mol. The Balaban J connectivity index is 1.81. The van der Waals surface area contributed by atoms with Gasteiger partial charge in [-0.25, -0.2) is 4.39 Å². The SMILES string of the molecule is COc1ccc(F)cc1CCC[C@H]1CC[C@@H](CBr)O1. The first-order valence-electron chi connectivity index (χ1n) is 6.76. The maximum absolute atomic E-state index is 13.2. The Morgan fingerprint density at radius 3 is 2.84 bits per heavy atom. The van der Waals surface area contributed by atoms with Crippen LogP contribution in [0.5, 0.6) is 5.75 Å². The van der Waals surface area contributed by atoms with Gasteiger partial charge >= 0.3 is 0 Å². The van der Waals surface area contributed by atoms with Crippen molar-refractivity contribution >= 4 is 15.9 Å². The summed E-state index contributed by atoms with van der Waals surface area (Å²) in [7, 11) is 1.62. The summed E-state index contributed by atoms with van der Waals surface area (Å²) in [6.45, 7) is 0. The zero-order valence-electron chi connectivity index (χ0n) is 11.2. The molecule has 0 unspecified atom stereocenters. The number of benzene rings is 1. The minimum atomic E-state index is -0.202. The molecule has 0 aliphatic carbocycles. The van der Waals surface area contributed by atoms with Gasteiger partial charge in [-0.15, -0.1) is 0 Å². The third-order valence-electron chi connectivity index (χ3n) is 3.58. The Bertz CT molecular complexity index is 411. The largest absolute Gasteiger partial charge is 0.496 e. The van der Waals surface area contributed by atoms with Gasteiger partial charge in [0.1, 0.15) is 11.6 Å². The van der Waals surface area contributed by atoms with E-state index in [2.05, 4.69) is 15.9 Å². The lowest BCUT2D eigenvalue weighted by Crippen LogP contribution is -2.12. The molecule has 0 spiro atoms. The minimum Gasteiger partial charge on any atom is -0.496 e. The van der Waals surface area contributed by atoms with Crippen LogP contribution in [0.1, 0.15) is 31.2 Å². The van der Waals surface area contributed by atoms with Crippen LogP contribution in [0, 0.1) is 5.82 Å². The normalized spacial score (nSPS) is 22.7. The Hall–Kier alpha value is -0.610. The fraction of sp³-hybridized carbons (Fsp3) is 0.600. The lowest BCUT2D eigenvalue weighted by Gasteiger charge is -2.13. The Morgan fingerprint density at radius 1 is 1.37 bits per heavy atom. The Morgan fingerprint density at radius 2 is 2.16 bits per heavy atom. The molecule has 1 saturated heterocycles. The molecule has 0 saturated carbocycles. The average molecular weight is 331 g/mol. The molecule has 106 valence electrons. The van der Waals surface area contributed by atoms with E-state index in [-0.39, 0.29) is 5.82 Å². The van der Waals surface area contributed by atoms with Gasteiger partial charge in [0.05, 0.1) is 19.3 Å². The number of halogens is 2. The summed E-state index contributed by atoms with van der Waals surface area (Å²) < 4.78 is 24.4. The minimum absolute atomic E-state index is 0.202. The highest BCUT2D eigenvalue weighted by molar-refractivity contribution is 9.09. The Kier molecular flexibility index (Phi) is 5.64. The van der Waals surface area contributed by atoms with Crippen LogP contribution in [0.2, 0.25) is 0 Å². The molecule has 0 radical (unpaired) electrons. The monoisotopic (exact) mass is 330 g/mol. The first-order chi connectivity index (χ1) is 9.22. The van der Waals surface area contributed by atoms with E-state index in [0.717, 1.165) is 48.7 Å². The predicted octanol–water partition coefficient (Wildman–Crippen LogP) is 4.10. The van der Waals surface area contributed by atoms with E-state index in [1.165, 1.54) is 6.07 Å². The summed E-state index contributed by atoms with van der Waals surface area (Å²) >= 11 is 3.45. The molecule has 4 heteroatoms. The number of alkyl halides is 1. The van der Waals surface area contributed by atoms with Crippen LogP contribution >= 0.6 is 15.9 Å². The fourth-order valence-corrected chi connectivity index (χ4v) is 3.04. The van der Waals surface area contributed by atoms with Gasteiger partial charge in [0.25, 0.3) is 0 Å². The van der Waals surface area contributed by atoms with Crippen molar-refractivity contribution in [2.45, 2.75) is 44.3 Å². The van der Waals surface area contributed by atoms with Crippen LogP contribution in [0.15, 0.2) is 18.2 Å². The predicted molar refractivity (Wildman–Crippen MR) is 77.6 cm³/mol. The van der Waals surface area contributed by atoms with E-state index < -0.39 is 0 Å². The van der Waals surface area contributed by atoms with Crippen molar-refractivity contribution in [1.82, 2.24) is 0 Å². The first kappa shape index (κ1) is 14.8. The third-order valence-corrected chi connectivity index (χ3v) is 4.30. The van der Waals surface area contributed by atoms with Gasteiger partial charge in [0.2, 0.25) is 0 Å². The lowest BCUT2D eigenvalue weighted by atomic mass is 10.0. The number of hydrogen-bond acceptors (Lipinski definition) is 2. The van der Waals surface area contributed by atoms with Gasteiger partial charge in [-0.3, -0.25) is 0 Å². The standard InChI is InChI=1S/C15H20BrFO2/c1-18-15-8-5-12(17)9-11(15)3-2-4-13-6-7-14(10-16)19-13/h5,8-9,13-14H,2-4,6-7,10H2,1H3/t13-,14-/m0/s1. The Labute approximate surface area is 122 Å². The van der Waals surface area contributed by atoms with Crippen LogP contribution in [0.4, 0.5) is 4.39 Å². The number of ether oxygens (including phenoxy) is 2. The zero-order chi connectivity index (χ0) is 13.7. The second-order valence-electron chi connectivity index (χ2n) is 4.96. The molecule has 0 bridgehead atoms. The number of rotatable bonds is 6. The number of methoxy groups -OCH3 is 1. The van der Waals surface area contributed by atoms with Crippen molar-refractivity contribution in [1.29, 1.82) is 0 Å². The van der Waals surface area contributed by atoms with Crippen molar-refractivity contribution in [3.8, 4) is 5.75 Å². The highest BCUT2D eigenvalue weighted by Crippen LogP contribution is 2.26. The molecule has 1 aliphatic heterocycles. The van der Waals surface area contributed by atoms with Gasteiger partial charge in [-0.05, 0) is 55.9 Å². The van der Waals surface area contributed by atoms with Crippen LogP contribution in [0.25, 0.3) is 0 Å². The summed E-state index contributed by atoms with van der Waals surface area (Å²) in [5.41, 5.74) is 0.942. The molecule has 19 heavy (non-hydrogen) atoms. The van der Waals surface area contributed by atoms with E-state index in [1.54, 1.807) is 19.2 Å². The lowest BCUT2D eigenvalue weighted by molar-refractivity contribution is 0.0530. The molecule has 2 rings (SSSR count). The topological polar surface area (TPSA) is 18.5 Å². The van der Waals surface area contributed by atoms with Crippen LogP contribution in [-0.4, -0.2) is 24.6 Å². The molecule has 0 N–H and O–H groups in total. The van der Waals surface area contributed by atoms with E-state index in [4.69, 9.17) is 9.47 Å². The summed E-state index contributed by atoms with van der Waals surface area (Å²) in [6.07, 6.45) is 5.87. The second kappa shape index (κ2) is 7.25. The zero-order valence-corrected chi connectivity index (χ0v) is 12.8. The molecule has 0 amide bonds. The fourth-order valence-electron chi connectivity index (χ4n) is 2.57. The third kappa shape index (κ3) is 4.18. The molecular formula is C15H20BrFO2. The summed E-state index contributed by atoms with van der Waals surface area (Å²) in [6, 6.07) is 4.69. The van der Waals surface area contributed by atoms with Crippen molar-refractivity contribution in [2.75, 3.05) is 12.4 Å². The van der Waals surface area contributed by atoms with Gasteiger partial charge < -0.3 is 9.47 Å². The highest BCUT2D eigenvalue weighted by Gasteiger charge is 2.23. The number of hydrogen-bond donors (Lipinski definition) is 0. The molecule has 1 fully saturated rings. The van der Waals surface area contributed by atoms with Gasteiger partial charge in [0, 0.05) is 5.33 Å². The quantitative estimate of drug-likeness (QED) is 0.731. The molecule has 1 aromatic rings. The molecule has 1 aromatic carbocycles. The maximum Gasteiger partial charge on any atom is 0.123 e. The molecule has 2 nitrogen and oxygen atoms in total. The highest BCUT2D eigenvalue weighted by atomic mass is 79.9. The van der Waals surface area contributed by atoms with Crippen molar-refractivity contribution in [3.05, 3.63) is 29.6 Å². The van der Waals surface area contributed by atoms with E-state index in [0.29, 0.717) is 12.2 Å². The second-order valence-corrected chi connectivity index (χ2v) is 5.61. The van der Waals surface area contributed by atoms with Crippen LogP contribution in [0.3, 0.4) is 0 Å². The van der Waals surface area contributed by atoms with E-state index in [9.17, 15) is 4.39 Å². The van der Waals surface area contributed by atoms with Crippen LogP contribution in [-0.2, 0) is 11.2 Å². The molecule has 2 atom stereocenters. The first-order valence-corrected chi connectivity index (χ1v) is 7.89. The van der Waals surface area contributed by atoms with Gasteiger partial charge in [-0.1, -0.05) is 15.9 Å². The molecule has 1 heterocycles. The smallest absolute Gasteiger partial charge is 0.123 e. The van der Waals surface area contributed by atoms with Gasteiger partial charge in [0.15, 0.2) is 0 Å².